The van der Waals surface area contributed by atoms with Crippen molar-refractivity contribution in [1.29, 1.82) is 0 Å². The van der Waals surface area contributed by atoms with Crippen LogP contribution in [-0.4, -0.2) is 14.2 Å². The Kier molecular flexibility index (Phi) is 9.14. The number of hydrogen-bond acceptors (Lipinski definition) is 2. The number of unbranched alkanes of at least 4 members (excludes halogenated alkanes) is 8. The van der Waals surface area contributed by atoms with Crippen LogP contribution in [0.25, 0.3) is 0 Å². The van der Waals surface area contributed by atoms with Crippen LogP contribution < -0.4 is 0 Å². The minimum atomic E-state index is -3.09. The van der Waals surface area contributed by atoms with E-state index in [1.165, 1.54) is 32.1 Å². The van der Waals surface area contributed by atoms with Crippen LogP contribution in [0.3, 0.4) is 0 Å². The van der Waals surface area contributed by atoms with Crippen LogP contribution in [0.15, 0.2) is 41.8 Å². The van der Waals surface area contributed by atoms with E-state index < -0.39 is 9.84 Å². The Bertz CT molecular complexity index is 515. The quantitative estimate of drug-likeness (QED) is 0.378. The highest BCUT2D eigenvalue weighted by molar-refractivity contribution is 7.91. The Morgan fingerprint density at radius 3 is 1.91 bits per heavy atom. The first-order valence-electron chi connectivity index (χ1n) is 8.46. The van der Waals surface area contributed by atoms with Gasteiger partial charge < -0.3 is 0 Å². The fourth-order valence-electron chi connectivity index (χ4n) is 2.50. The monoisotopic (exact) mass is 322 g/mol. The molecule has 1 aromatic rings. The van der Waals surface area contributed by atoms with Crippen LogP contribution in [-0.2, 0) is 9.84 Å². The number of benzene rings is 1. The molecule has 1 rings (SSSR count). The zero-order valence-corrected chi connectivity index (χ0v) is 14.7. The van der Waals surface area contributed by atoms with Crippen molar-refractivity contribution < 1.29 is 8.42 Å². The largest absolute Gasteiger partial charge is 0.224 e. The molecule has 0 radical (unpaired) electrons. The predicted molar refractivity (Wildman–Crippen MR) is 95.0 cm³/mol. The molecule has 0 unspecified atom stereocenters. The fraction of sp³-hybridized carbons (Fsp3) is 0.579. The zero-order chi connectivity index (χ0) is 16.3. The summed E-state index contributed by atoms with van der Waals surface area (Å²) in [5.74, 6) is 0.273. The summed E-state index contributed by atoms with van der Waals surface area (Å²) < 4.78 is 24.3. The van der Waals surface area contributed by atoms with Gasteiger partial charge in [0.15, 0.2) is 9.84 Å². The lowest BCUT2D eigenvalue weighted by molar-refractivity contribution is 0.568. The third-order valence-corrected chi connectivity index (χ3v) is 5.77. The van der Waals surface area contributed by atoms with Crippen molar-refractivity contribution in [2.45, 2.75) is 69.6 Å². The summed E-state index contributed by atoms with van der Waals surface area (Å²) in [6.07, 6.45) is 12.3. The smallest absolute Gasteiger partial charge is 0.178 e. The van der Waals surface area contributed by atoms with Crippen molar-refractivity contribution in [2.24, 2.45) is 0 Å². The lowest BCUT2D eigenvalue weighted by Gasteiger charge is -2.05. The van der Waals surface area contributed by atoms with Crippen molar-refractivity contribution in [3.05, 3.63) is 42.5 Å². The summed E-state index contributed by atoms with van der Waals surface area (Å²) in [5.41, 5.74) is 1.09. The molecule has 0 amide bonds. The molecule has 3 heteroatoms. The molecule has 22 heavy (non-hydrogen) atoms. The second-order valence-electron chi connectivity index (χ2n) is 6.04. The van der Waals surface area contributed by atoms with E-state index in [1.54, 1.807) is 12.1 Å². The summed E-state index contributed by atoms with van der Waals surface area (Å²) in [5, 5.41) is 0. The topological polar surface area (TPSA) is 34.1 Å². The molecule has 0 fully saturated rings. The molecular weight excluding hydrogens is 292 g/mol. The lowest BCUT2D eigenvalue weighted by Crippen LogP contribution is -2.06. The van der Waals surface area contributed by atoms with Gasteiger partial charge in [0.25, 0.3) is 0 Å². The van der Waals surface area contributed by atoms with E-state index in [9.17, 15) is 8.42 Å². The van der Waals surface area contributed by atoms with Crippen molar-refractivity contribution >= 4 is 9.84 Å². The van der Waals surface area contributed by atoms with Gasteiger partial charge in [-0.1, -0.05) is 62.3 Å². The fourth-order valence-corrected chi connectivity index (χ4v) is 3.88. The second-order valence-corrected chi connectivity index (χ2v) is 8.15. The zero-order valence-electron chi connectivity index (χ0n) is 13.9. The van der Waals surface area contributed by atoms with E-state index in [4.69, 9.17) is 0 Å². The van der Waals surface area contributed by atoms with Gasteiger partial charge in [-0.05, 0) is 38.3 Å². The molecule has 0 aliphatic rings. The molecule has 2 nitrogen and oxygen atoms in total. The highest BCUT2D eigenvalue weighted by Crippen LogP contribution is 2.15. The predicted octanol–water partition coefficient (Wildman–Crippen LogP) is 5.47. The Morgan fingerprint density at radius 2 is 1.36 bits per heavy atom. The van der Waals surface area contributed by atoms with Crippen LogP contribution in [0.4, 0.5) is 0 Å². The van der Waals surface area contributed by atoms with Gasteiger partial charge in [0.2, 0.25) is 0 Å². The molecule has 0 aliphatic heterocycles. The van der Waals surface area contributed by atoms with Gasteiger partial charge in [0.05, 0.1) is 10.6 Å². The molecule has 0 heterocycles. The Balaban J connectivity index is 2.11. The first kappa shape index (κ1) is 19.0. The third kappa shape index (κ3) is 7.79. The van der Waals surface area contributed by atoms with E-state index in [2.05, 4.69) is 6.58 Å². The maximum absolute atomic E-state index is 12.2. The minimum Gasteiger partial charge on any atom is -0.224 e. The van der Waals surface area contributed by atoms with Gasteiger partial charge in [-0.25, -0.2) is 8.42 Å². The SMILES string of the molecule is C=CCCCCCCCCCCS(=O)(=O)c1ccc(C)cc1. The van der Waals surface area contributed by atoms with Gasteiger partial charge >= 0.3 is 0 Å². The maximum Gasteiger partial charge on any atom is 0.178 e. The Labute approximate surface area is 136 Å². The van der Waals surface area contributed by atoms with E-state index in [1.807, 2.05) is 25.1 Å². The van der Waals surface area contributed by atoms with Gasteiger partial charge in [-0.2, -0.15) is 0 Å². The number of sulfone groups is 1. The normalized spacial score (nSPS) is 11.5. The van der Waals surface area contributed by atoms with Gasteiger partial charge in [0, 0.05) is 0 Å². The highest BCUT2D eigenvalue weighted by Gasteiger charge is 2.13. The lowest BCUT2D eigenvalue weighted by atomic mass is 10.1. The van der Waals surface area contributed by atoms with Crippen molar-refractivity contribution in [1.82, 2.24) is 0 Å². The van der Waals surface area contributed by atoms with Crippen LogP contribution in [0.1, 0.15) is 63.4 Å². The Morgan fingerprint density at radius 1 is 0.864 bits per heavy atom. The summed E-state index contributed by atoms with van der Waals surface area (Å²) >= 11 is 0. The summed E-state index contributed by atoms with van der Waals surface area (Å²) in [6, 6.07) is 7.15. The van der Waals surface area contributed by atoms with Gasteiger partial charge in [-0.3, -0.25) is 0 Å². The van der Waals surface area contributed by atoms with E-state index in [0.29, 0.717) is 4.90 Å². The second kappa shape index (κ2) is 10.6. The maximum atomic E-state index is 12.2. The molecule has 0 aromatic heterocycles. The molecule has 0 atom stereocenters. The van der Waals surface area contributed by atoms with Crippen molar-refractivity contribution in [3.63, 3.8) is 0 Å². The molecule has 0 aliphatic carbocycles. The molecule has 0 saturated carbocycles. The molecule has 124 valence electrons. The first-order valence-corrected chi connectivity index (χ1v) is 10.1. The minimum absolute atomic E-state index is 0.273. The van der Waals surface area contributed by atoms with E-state index >= 15 is 0 Å². The van der Waals surface area contributed by atoms with Crippen molar-refractivity contribution in [2.75, 3.05) is 5.75 Å². The van der Waals surface area contributed by atoms with Crippen molar-refractivity contribution in [3.8, 4) is 0 Å². The first-order chi connectivity index (χ1) is 10.6. The standard InChI is InChI=1S/C19H30O2S/c1-3-4-5-6-7-8-9-10-11-12-17-22(20,21)19-15-13-18(2)14-16-19/h3,13-16H,1,4-12,17H2,2H3. The van der Waals surface area contributed by atoms with Crippen LogP contribution >= 0.6 is 0 Å². The molecule has 0 bridgehead atoms. The molecule has 0 saturated heterocycles. The van der Waals surface area contributed by atoms with Crippen LogP contribution in [0.5, 0.6) is 0 Å². The number of aryl methyl sites for hydroxylation is 1. The summed E-state index contributed by atoms with van der Waals surface area (Å²) in [4.78, 5) is 0.459. The number of rotatable bonds is 12. The average molecular weight is 323 g/mol. The van der Waals surface area contributed by atoms with E-state index in [0.717, 1.165) is 31.2 Å². The number of hydrogen-bond donors (Lipinski definition) is 0. The molecular formula is C19H30O2S. The van der Waals surface area contributed by atoms with E-state index in [-0.39, 0.29) is 5.75 Å². The molecule has 0 spiro atoms. The summed E-state index contributed by atoms with van der Waals surface area (Å²) in [6.45, 7) is 5.69. The summed E-state index contributed by atoms with van der Waals surface area (Å²) in [7, 11) is -3.09. The molecule has 0 N–H and O–H groups in total. The van der Waals surface area contributed by atoms with Crippen LogP contribution in [0.2, 0.25) is 0 Å². The molecule has 1 aromatic carbocycles. The number of allylic oxidation sites excluding steroid dienone is 1. The third-order valence-electron chi connectivity index (χ3n) is 3.95. The Hall–Kier alpha value is -1.09. The highest BCUT2D eigenvalue weighted by atomic mass is 32.2. The van der Waals surface area contributed by atoms with Crippen LogP contribution in [0, 0.1) is 6.92 Å². The average Bonchev–Trinajstić information content (AvgIpc) is 2.49. The van der Waals surface area contributed by atoms with Gasteiger partial charge in [0.1, 0.15) is 0 Å². The van der Waals surface area contributed by atoms with Gasteiger partial charge in [-0.15, -0.1) is 6.58 Å².